The zero-order valence-electron chi connectivity index (χ0n) is 10.5. The summed E-state index contributed by atoms with van der Waals surface area (Å²) in [5, 5.41) is 3.08. The summed E-state index contributed by atoms with van der Waals surface area (Å²) in [6, 6.07) is 3.70. The molecule has 2 fully saturated rings. The molecule has 3 nitrogen and oxygen atoms in total. The van der Waals surface area contributed by atoms with Crippen molar-refractivity contribution in [3.63, 3.8) is 0 Å². The second-order valence-corrected chi connectivity index (χ2v) is 6.49. The standard InChI is InChI=1S/C14H18BrNO2/c1-8(11-7-9-2-3-10(11)6-9)16-14(17)12-4-5-13(15)18-12/h4-5,8-11H,2-3,6-7H2,1H3,(H,16,17)/t8-,9+,10+,11+/m1/s1. The summed E-state index contributed by atoms with van der Waals surface area (Å²) in [5.74, 6) is 2.68. The largest absolute Gasteiger partial charge is 0.444 e. The molecule has 0 radical (unpaired) electrons. The lowest BCUT2D eigenvalue weighted by Gasteiger charge is -2.28. The van der Waals surface area contributed by atoms with Crippen LogP contribution in [0, 0.1) is 17.8 Å². The van der Waals surface area contributed by atoms with Crippen molar-refractivity contribution in [3.8, 4) is 0 Å². The molecule has 18 heavy (non-hydrogen) atoms. The summed E-state index contributed by atoms with van der Waals surface area (Å²) in [6.45, 7) is 2.13. The molecule has 1 aromatic heterocycles. The molecule has 0 saturated heterocycles. The normalized spacial score (nSPS) is 31.6. The Labute approximate surface area is 115 Å². The first-order valence-corrected chi connectivity index (χ1v) is 7.49. The monoisotopic (exact) mass is 311 g/mol. The van der Waals surface area contributed by atoms with Crippen molar-refractivity contribution in [2.24, 2.45) is 17.8 Å². The van der Waals surface area contributed by atoms with Gasteiger partial charge in [-0.05, 0) is 72.0 Å². The van der Waals surface area contributed by atoms with E-state index in [1.165, 1.54) is 25.7 Å². The van der Waals surface area contributed by atoms with Crippen LogP contribution in [-0.4, -0.2) is 11.9 Å². The van der Waals surface area contributed by atoms with Crippen molar-refractivity contribution in [2.45, 2.75) is 38.6 Å². The number of hydrogen-bond donors (Lipinski definition) is 1. The van der Waals surface area contributed by atoms with E-state index in [4.69, 9.17) is 4.42 Å². The van der Waals surface area contributed by atoms with Gasteiger partial charge in [0.1, 0.15) is 0 Å². The Bertz CT molecular complexity index is 456. The summed E-state index contributed by atoms with van der Waals surface area (Å²) in [5.41, 5.74) is 0. The molecule has 0 spiro atoms. The van der Waals surface area contributed by atoms with Gasteiger partial charge in [-0.2, -0.15) is 0 Å². The first-order valence-electron chi connectivity index (χ1n) is 6.69. The average Bonchev–Trinajstić information content (AvgIpc) is 3.03. The molecule has 0 aromatic carbocycles. The Morgan fingerprint density at radius 1 is 1.44 bits per heavy atom. The maximum absolute atomic E-state index is 12.0. The molecule has 1 aromatic rings. The minimum Gasteiger partial charge on any atom is -0.444 e. The lowest BCUT2D eigenvalue weighted by Crippen LogP contribution is -2.39. The first kappa shape index (κ1) is 12.3. The number of carbonyl (C=O) groups excluding carboxylic acids is 1. The fraction of sp³-hybridized carbons (Fsp3) is 0.643. The van der Waals surface area contributed by atoms with Gasteiger partial charge >= 0.3 is 0 Å². The topological polar surface area (TPSA) is 42.2 Å². The molecule has 2 bridgehead atoms. The van der Waals surface area contributed by atoms with Gasteiger partial charge in [0.15, 0.2) is 10.4 Å². The Balaban J connectivity index is 1.61. The number of hydrogen-bond acceptors (Lipinski definition) is 2. The van der Waals surface area contributed by atoms with Gasteiger partial charge in [0, 0.05) is 6.04 Å². The molecule has 98 valence electrons. The van der Waals surface area contributed by atoms with Crippen molar-refractivity contribution in [1.29, 1.82) is 0 Å². The molecule has 1 amide bonds. The van der Waals surface area contributed by atoms with E-state index in [1.807, 2.05) is 0 Å². The number of furan rings is 1. The van der Waals surface area contributed by atoms with E-state index < -0.39 is 0 Å². The van der Waals surface area contributed by atoms with E-state index in [0.29, 0.717) is 16.3 Å². The molecule has 0 unspecified atom stereocenters. The van der Waals surface area contributed by atoms with Gasteiger partial charge in [-0.3, -0.25) is 4.79 Å². The third-order valence-electron chi connectivity index (χ3n) is 4.59. The Kier molecular flexibility index (Phi) is 3.22. The minimum atomic E-state index is -0.101. The van der Waals surface area contributed by atoms with Gasteiger partial charge in [-0.15, -0.1) is 0 Å². The van der Waals surface area contributed by atoms with Crippen LogP contribution in [0.2, 0.25) is 0 Å². The van der Waals surface area contributed by atoms with E-state index in [-0.39, 0.29) is 11.9 Å². The number of fused-ring (bicyclic) bond motifs is 2. The van der Waals surface area contributed by atoms with Gasteiger partial charge in [0.05, 0.1) is 0 Å². The summed E-state index contributed by atoms with van der Waals surface area (Å²) in [7, 11) is 0. The van der Waals surface area contributed by atoms with Gasteiger partial charge in [-0.25, -0.2) is 0 Å². The predicted molar refractivity (Wildman–Crippen MR) is 72.3 cm³/mol. The Hall–Kier alpha value is -0.770. The third kappa shape index (κ3) is 2.22. The summed E-state index contributed by atoms with van der Waals surface area (Å²) in [6.07, 6.45) is 5.40. The van der Waals surface area contributed by atoms with Crippen molar-refractivity contribution in [3.05, 3.63) is 22.6 Å². The van der Waals surface area contributed by atoms with Crippen LogP contribution in [0.3, 0.4) is 0 Å². The second-order valence-electron chi connectivity index (χ2n) is 5.70. The maximum Gasteiger partial charge on any atom is 0.287 e. The van der Waals surface area contributed by atoms with Gasteiger partial charge in [0.25, 0.3) is 5.91 Å². The van der Waals surface area contributed by atoms with Crippen molar-refractivity contribution in [2.75, 3.05) is 0 Å². The molecule has 1 N–H and O–H groups in total. The highest BCUT2D eigenvalue weighted by Crippen LogP contribution is 2.49. The van der Waals surface area contributed by atoms with E-state index in [2.05, 4.69) is 28.2 Å². The lowest BCUT2D eigenvalue weighted by molar-refractivity contribution is 0.0886. The fourth-order valence-electron chi connectivity index (χ4n) is 3.73. The molecule has 2 saturated carbocycles. The van der Waals surface area contributed by atoms with E-state index in [1.54, 1.807) is 12.1 Å². The van der Waals surface area contributed by atoms with Crippen LogP contribution in [0.5, 0.6) is 0 Å². The molecule has 4 heteroatoms. The van der Waals surface area contributed by atoms with Crippen molar-refractivity contribution >= 4 is 21.8 Å². The molecule has 2 aliphatic rings. The van der Waals surface area contributed by atoms with Gasteiger partial charge in [-0.1, -0.05) is 6.42 Å². The van der Waals surface area contributed by atoms with Crippen LogP contribution in [0.15, 0.2) is 21.2 Å². The van der Waals surface area contributed by atoms with Crippen molar-refractivity contribution in [1.82, 2.24) is 5.32 Å². The number of nitrogens with one attached hydrogen (secondary N) is 1. The predicted octanol–water partition coefficient (Wildman–Crippen LogP) is 3.60. The minimum absolute atomic E-state index is 0.101. The number of carbonyl (C=O) groups is 1. The second kappa shape index (κ2) is 4.72. The summed E-state index contributed by atoms with van der Waals surface area (Å²) in [4.78, 5) is 12.0. The molecule has 0 aliphatic heterocycles. The van der Waals surface area contributed by atoms with Crippen LogP contribution in [0.4, 0.5) is 0 Å². The molecule has 4 atom stereocenters. The Morgan fingerprint density at radius 2 is 2.28 bits per heavy atom. The zero-order valence-corrected chi connectivity index (χ0v) is 12.1. The van der Waals surface area contributed by atoms with Crippen LogP contribution in [-0.2, 0) is 0 Å². The average molecular weight is 312 g/mol. The maximum atomic E-state index is 12.0. The summed E-state index contributed by atoms with van der Waals surface area (Å²) < 4.78 is 5.87. The first-order chi connectivity index (χ1) is 8.63. The SMILES string of the molecule is C[C@@H](NC(=O)c1ccc(Br)o1)[C@@H]1C[C@H]2CC[C@H]1C2. The summed E-state index contributed by atoms with van der Waals surface area (Å²) >= 11 is 3.21. The highest BCUT2D eigenvalue weighted by atomic mass is 79.9. The van der Waals surface area contributed by atoms with Gasteiger partial charge in [0.2, 0.25) is 0 Å². The number of halogens is 1. The van der Waals surface area contributed by atoms with E-state index in [0.717, 1.165) is 11.8 Å². The van der Waals surface area contributed by atoms with E-state index in [9.17, 15) is 4.79 Å². The number of amides is 1. The zero-order chi connectivity index (χ0) is 12.7. The fourth-order valence-corrected chi connectivity index (χ4v) is 4.03. The molecule has 1 heterocycles. The molecular weight excluding hydrogens is 294 g/mol. The molecule has 2 aliphatic carbocycles. The quantitative estimate of drug-likeness (QED) is 0.926. The Morgan fingerprint density at radius 3 is 2.83 bits per heavy atom. The van der Waals surface area contributed by atoms with Gasteiger partial charge < -0.3 is 9.73 Å². The smallest absolute Gasteiger partial charge is 0.287 e. The van der Waals surface area contributed by atoms with Crippen LogP contribution in [0.25, 0.3) is 0 Å². The van der Waals surface area contributed by atoms with Crippen LogP contribution < -0.4 is 5.32 Å². The van der Waals surface area contributed by atoms with Crippen LogP contribution >= 0.6 is 15.9 Å². The number of rotatable bonds is 3. The molecular formula is C14H18BrNO2. The van der Waals surface area contributed by atoms with Crippen LogP contribution in [0.1, 0.15) is 43.2 Å². The van der Waals surface area contributed by atoms with E-state index >= 15 is 0 Å². The lowest BCUT2D eigenvalue weighted by atomic mass is 9.84. The van der Waals surface area contributed by atoms with Crippen molar-refractivity contribution < 1.29 is 9.21 Å². The third-order valence-corrected chi connectivity index (χ3v) is 5.02. The molecule has 3 rings (SSSR count). The highest BCUT2D eigenvalue weighted by Gasteiger charge is 2.42. The highest BCUT2D eigenvalue weighted by molar-refractivity contribution is 9.10.